The van der Waals surface area contributed by atoms with Crippen molar-refractivity contribution in [3.63, 3.8) is 0 Å². The number of allylic oxidation sites excluding steroid dienone is 2. The van der Waals surface area contributed by atoms with Crippen LogP contribution < -0.4 is 5.76 Å². The molecule has 94 valence electrons. The van der Waals surface area contributed by atoms with Crippen molar-refractivity contribution in [3.05, 3.63) is 40.7 Å². The smallest absolute Gasteiger partial charge is 0.420 e. The van der Waals surface area contributed by atoms with Gasteiger partial charge in [-0.2, -0.15) is 0 Å². The molecule has 0 aliphatic rings. The van der Waals surface area contributed by atoms with Crippen LogP contribution in [0.15, 0.2) is 27.9 Å². The maximum atomic E-state index is 11.2. The van der Waals surface area contributed by atoms with Gasteiger partial charge in [-0.3, -0.25) is 9.36 Å². The first-order valence-corrected chi connectivity index (χ1v) is 5.27. The molecule has 1 rings (SSSR count). The van der Waals surface area contributed by atoms with Crippen LogP contribution in [0, 0.1) is 6.92 Å². The summed E-state index contributed by atoms with van der Waals surface area (Å²) in [6, 6.07) is 0. The Morgan fingerprint density at radius 1 is 1.53 bits per heavy atom. The third-order valence-electron chi connectivity index (χ3n) is 1.80. The summed E-state index contributed by atoms with van der Waals surface area (Å²) in [5.74, 6) is -1.37. The number of carboxylic acid groups (broad SMARTS) is 1. The summed E-state index contributed by atoms with van der Waals surface area (Å²) in [7, 11) is 0. The first-order valence-electron chi connectivity index (χ1n) is 5.27. The zero-order valence-electron chi connectivity index (χ0n) is 10.3. The van der Waals surface area contributed by atoms with Crippen LogP contribution in [0.2, 0.25) is 0 Å². The number of oxazole rings is 1. The molecule has 17 heavy (non-hydrogen) atoms. The van der Waals surface area contributed by atoms with Crippen molar-refractivity contribution < 1.29 is 14.3 Å². The van der Waals surface area contributed by atoms with Crippen molar-refractivity contribution in [3.8, 4) is 0 Å². The molecule has 0 radical (unpaired) electrons. The number of aliphatic carboxylic acids is 1. The van der Waals surface area contributed by atoms with Gasteiger partial charge in [-0.05, 0) is 13.0 Å². The minimum atomic E-state index is -1.09. The van der Waals surface area contributed by atoms with Crippen molar-refractivity contribution in [2.45, 2.75) is 27.3 Å². The molecule has 5 nitrogen and oxygen atoms in total. The van der Waals surface area contributed by atoms with E-state index in [1.54, 1.807) is 19.1 Å². The van der Waals surface area contributed by atoms with Crippen LogP contribution in [0.5, 0.6) is 0 Å². The van der Waals surface area contributed by atoms with E-state index in [9.17, 15) is 9.59 Å². The zero-order chi connectivity index (χ0) is 13.4. The maximum absolute atomic E-state index is 11.2. The standard InChI is InChI=1S/C10H11NO4.C2H6/c1-3-4-5-8-7(2)15-10(14)11(8)6-9(12)13;1-2/h3-5H,1,6H2,2H3,(H,12,13);1-2H3/b5-4-;. The SMILES string of the molecule is C=C/C=C\c1c(C)oc(=O)n1CC(=O)O.CC. The monoisotopic (exact) mass is 239 g/mol. The minimum Gasteiger partial charge on any atom is -0.480 e. The van der Waals surface area contributed by atoms with E-state index in [1.807, 2.05) is 13.8 Å². The summed E-state index contributed by atoms with van der Waals surface area (Å²) in [4.78, 5) is 21.7. The highest BCUT2D eigenvalue weighted by Crippen LogP contribution is 2.08. The fraction of sp³-hybridized carbons (Fsp3) is 0.333. The Morgan fingerprint density at radius 2 is 2.12 bits per heavy atom. The highest BCUT2D eigenvalue weighted by atomic mass is 16.4. The molecule has 0 saturated heterocycles. The fourth-order valence-electron chi connectivity index (χ4n) is 1.18. The number of aryl methyl sites for hydroxylation is 1. The summed E-state index contributed by atoms with van der Waals surface area (Å²) in [5, 5.41) is 8.60. The van der Waals surface area contributed by atoms with Crippen LogP contribution in [0.25, 0.3) is 6.08 Å². The molecule has 5 heteroatoms. The van der Waals surface area contributed by atoms with Crippen LogP contribution >= 0.6 is 0 Å². The molecule has 0 spiro atoms. The predicted molar refractivity (Wildman–Crippen MR) is 65.9 cm³/mol. The van der Waals surface area contributed by atoms with Crippen LogP contribution in [0.1, 0.15) is 25.3 Å². The van der Waals surface area contributed by atoms with Gasteiger partial charge < -0.3 is 9.52 Å². The second-order valence-electron chi connectivity index (χ2n) is 2.88. The molecule has 1 aromatic heterocycles. The molecule has 1 N–H and O–H groups in total. The van der Waals surface area contributed by atoms with Crippen molar-refractivity contribution in [2.24, 2.45) is 0 Å². The number of aromatic nitrogens is 1. The molecule has 0 aromatic carbocycles. The Kier molecular flexibility index (Phi) is 6.40. The minimum absolute atomic E-state index is 0.388. The molecular formula is C12H17NO4. The topological polar surface area (TPSA) is 72.4 Å². The summed E-state index contributed by atoms with van der Waals surface area (Å²) < 4.78 is 5.86. The highest BCUT2D eigenvalue weighted by Gasteiger charge is 2.12. The number of carbonyl (C=O) groups is 1. The summed E-state index contributed by atoms with van der Waals surface area (Å²) in [6.45, 7) is 8.67. The second kappa shape index (κ2) is 7.27. The van der Waals surface area contributed by atoms with Crippen LogP contribution in [0.3, 0.4) is 0 Å². The van der Waals surface area contributed by atoms with Gasteiger partial charge in [0, 0.05) is 0 Å². The third-order valence-corrected chi connectivity index (χ3v) is 1.80. The summed E-state index contributed by atoms with van der Waals surface area (Å²) in [6.07, 6.45) is 4.72. The van der Waals surface area contributed by atoms with Crippen molar-refractivity contribution in [2.75, 3.05) is 0 Å². The largest absolute Gasteiger partial charge is 0.480 e. The average molecular weight is 239 g/mol. The van der Waals surface area contributed by atoms with E-state index in [4.69, 9.17) is 9.52 Å². The molecule has 0 aliphatic heterocycles. The van der Waals surface area contributed by atoms with Gasteiger partial charge in [0.25, 0.3) is 0 Å². The van der Waals surface area contributed by atoms with Crippen LogP contribution in [-0.2, 0) is 11.3 Å². The van der Waals surface area contributed by atoms with E-state index in [2.05, 4.69) is 6.58 Å². The first-order chi connectivity index (χ1) is 8.06. The molecule has 0 fully saturated rings. The molecule has 0 atom stereocenters. The van der Waals surface area contributed by atoms with Crippen molar-refractivity contribution in [1.82, 2.24) is 4.57 Å². The maximum Gasteiger partial charge on any atom is 0.420 e. The first kappa shape index (κ1) is 15.0. The molecule has 0 amide bonds. The number of rotatable bonds is 4. The van der Waals surface area contributed by atoms with Crippen LogP contribution in [0.4, 0.5) is 0 Å². The molecule has 1 aromatic rings. The van der Waals surface area contributed by atoms with Crippen molar-refractivity contribution >= 4 is 12.0 Å². The lowest BCUT2D eigenvalue weighted by atomic mass is 10.3. The van der Waals surface area contributed by atoms with E-state index >= 15 is 0 Å². The summed E-state index contributed by atoms with van der Waals surface area (Å²) >= 11 is 0. The Labute approximate surface area is 99.7 Å². The van der Waals surface area contributed by atoms with Crippen LogP contribution in [-0.4, -0.2) is 15.6 Å². The Bertz CT molecular complexity index is 465. The quantitative estimate of drug-likeness (QED) is 0.816. The molecule has 0 aliphatic carbocycles. The molecular weight excluding hydrogens is 222 g/mol. The second-order valence-corrected chi connectivity index (χ2v) is 2.88. The normalized spacial score (nSPS) is 9.82. The number of hydrogen-bond donors (Lipinski definition) is 1. The summed E-state index contributed by atoms with van der Waals surface area (Å²) in [5.41, 5.74) is 0.447. The number of carboxylic acids is 1. The highest BCUT2D eigenvalue weighted by molar-refractivity contribution is 5.67. The van der Waals surface area contributed by atoms with Gasteiger partial charge in [0.2, 0.25) is 0 Å². The lowest BCUT2D eigenvalue weighted by Gasteiger charge is -1.98. The van der Waals surface area contributed by atoms with E-state index in [0.717, 1.165) is 4.57 Å². The van der Waals surface area contributed by atoms with E-state index in [0.29, 0.717) is 11.5 Å². The van der Waals surface area contributed by atoms with Gasteiger partial charge in [0.1, 0.15) is 12.3 Å². The van der Waals surface area contributed by atoms with Gasteiger partial charge in [-0.25, -0.2) is 4.79 Å². The van der Waals surface area contributed by atoms with Gasteiger partial charge in [0.15, 0.2) is 0 Å². The molecule has 0 saturated carbocycles. The van der Waals surface area contributed by atoms with Gasteiger partial charge in [0.05, 0.1) is 5.69 Å². The molecule has 1 heterocycles. The Balaban J connectivity index is 0.00000121. The van der Waals surface area contributed by atoms with E-state index in [1.165, 1.54) is 6.08 Å². The number of hydrogen-bond acceptors (Lipinski definition) is 3. The average Bonchev–Trinajstić information content (AvgIpc) is 2.54. The molecule has 0 unspecified atom stereocenters. The predicted octanol–water partition coefficient (Wildman–Crippen LogP) is 2.06. The van der Waals surface area contributed by atoms with Gasteiger partial charge in [-0.1, -0.05) is 32.6 Å². The number of nitrogens with zero attached hydrogens (tertiary/aromatic N) is 1. The zero-order valence-corrected chi connectivity index (χ0v) is 10.3. The lowest BCUT2D eigenvalue weighted by Crippen LogP contribution is -2.20. The van der Waals surface area contributed by atoms with E-state index in [-0.39, 0.29) is 0 Å². The molecule has 0 bridgehead atoms. The third kappa shape index (κ3) is 4.14. The van der Waals surface area contributed by atoms with E-state index < -0.39 is 18.3 Å². The fourth-order valence-corrected chi connectivity index (χ4v) is 1.18. The lowest BCUT2D eigenvalue weighted by molar-refractivity contribution is -0.137. The Hall–Kier alpha value is -2.04. The Morgan fingerprint density at radius 3 is 2.59 bits per heavy atom. The van der Waals surface area contributed by atoms with Gasteiger partial charge >= 0.3 is 11.7 Å². The van der Waals surface area contributed by atoms with Gasteiger partial charge in [-0.15, -0.1) is 0 Å². The van der Waals surface area contributed by atoms with Crippen molar-refractivity contribution in [1.29, 1.82) is 0 Å².